The molecule has 8 heteroatoms. The Morgan fingerprint density at radius 1 is 1.04 bits per heavy atom. The van der Waals surface area contributed by atoms with E-state index < -0.39 is 0 Å². The Kier molecular flexibility index (Phi) is 11.2. The lowest BCUT2D eigenvalue weighted by Gasteiger charge is -2.09. The van der Waals surface area contributed by atoms with Crippen LogP contribution in [0.4, 0.5) is 0 Å². The van der Waals surface area contributed by atoms with Crippen LogP contribution in [0.2, 0.25) is 0 Å². The van der Waals surface area contributed by atoms with Crippen molar-refractivity contribution in [1.82, 2.24) is 16.0 Å². The van der Waals surface area contributed by atoms with Gasteiger partial charge in [0.1, 0.15) is 5.75 Å². The van der Waals surface area contributed by atoms with Crippen LogP contribution >= 0.6 is 21.6 Å². The highest BCUT2D eigenvalue weighted by atomic mass is 33.1. The Hall–Kier alpha value is -1.38. The monoisotopic (exact) mass is 425 g/mol. The van der Waals surface area contributed by atoms with Gasteiger partial charge in [-0.15, -0.1) is 0 Å². The van der Waals surface area contributed by atoms with Gasteiger partial charge in [-0.3, -0.25) is 9.59 Å². The van der Waals surface area contributed by atoms with Gasteiger partial charge in [-0.05, 0) is 44.4 Å². The van der Waals surface area contributed by atoms with Crippen LogP contribution in [0.15, 0.2) is 24.3 Å². The molecule has 1 fully saturated rings. The summed E-state index contributed by atoms with van der Waals surface area (Å²) in [7, 11) is 3.97. The van der Waals surface area contributed by atoms with Crippen LogP contribution in [0.3, 0.4) is 0 Å². The van der Waals surface area contributed by atoms with Crippen molar-refractivity contribution < 1.29 is 14.7 Å². The first-order valence-corrected chi connectivity index (χ1v) is 12.4. The Labute approximate surface area is 175 Å². The first-order chi connectivity index (χ1) is 13.7. The summed E-state index contributed by atoms with van der Waals surface area (Å²) in [6, 6.07) is 6.50. The van der Waals surface area contributed by atoms with Crippen LogP contribution in [-0.2, 0) is 4.79 Å². The number of para-hydroxylation sites is 1. The van der Waals surface area contributed by atoms with E-state index in [9.17, 15) is 14.7 Å². The molecule has 1 atom stereocenters. The summed E-state index contributed by atoms with van der Waals surface area (Å²) in [6.07, 6.45) is 6.04. The van der Waals surface area contributed by atoms with Gasteiger partial charge in [-0.1, -0.05) is 40.1 Å². The number of phenolic OH excluding ortho intramolecular Hbond substituents is 1. The topological polar surface area (TPSA) is 90.5 Å². The highest BCUT2D eigenvalue weighted by Gasteiger charge is 2.15. The Morgan fingerprint density at radius 3 is 2.68 bits per heavy atom. The molecule has 6 nitrogen and oxygen atoms in total. The number of phenols is 1. The fourth-order valence-corrected chi connectivity index (χ4v) is 5.93. The first-order valence-electron chi connectivity index (χ1n) is 9.98. The molecule has 0 aliphatic carbocycles. The van der Waals surface area contributed by atoms with Crippen molar-refractivity contribution in [2.45, 2.75) is 43.8 Å². The number of carbonyl (C=O) groups is 2. The molecule has 1 aromatic carbocycles. The molecule has 1 heterocycles. The summed E-state index contributed by atoms with van der Waals surface area (Å²) < 4.78 is 0. The molecule has 0 saturated carbocycles. The van der Waals surface area contributed by atoms with Crippen LogP contribution < -0.4 is 16.0 Å². The van der Waals surface area contributed by atoms with Crippen LogP contribution in [0.25, 0.3) is 0 Å². The first kappa shape index (κ1) is 22.9. The standard InChI is InChI=1S/C20H31N3O3S2/c24-18-8-3-2-7-17(18)20(26)23-12-5-11-21-13-14-22-19(25)9-4-1-6-16-10-15-27-28-16/h2-3,7-8,16,21,24H,1,4-6,9-15H2,(H,22,25)(H,23,26). The second-order valence-electron chi connectivity index (χ2n) is 6.80. The van der Waals surface area contributed by atoms with Crippen LogP contribution in [0, 0.1) is 0 Å². The smallest absolute Gasteiger partial charge is 0.255 e. The predicted molar refractivity (Wildman–Crippen MR) is 118 cm³/mol. The van der Waals surface area contributed by atoms with Gasteiger partial charge < -0.3 is 21.1 Å². The number of hydrogen-bond donors (Lipinski definition) is 4. The molecule has 156 valence electrons. The van der Waals surface area contributed by atoms with Gasteiger partial charge in [0.25, 0.3) is 5.91 Å². The third-order valence-corrected chi connectivity index (χ3v) is 7.50. The van der Waals surface area contributed by atoms with Crippen LogP contribution in [0.5, 0.6) is 5.75 Å². The molecule has 1 aliphatic rings. The largest absolute Gasteiger partial charge is 0.507 e. The van der Waals surface area contributed by atoms with E-state index in [4.69, 9.17) is 0 Å². The van der Waals surface area contributed by atoms with E-state index in [1.54, 1.807) is 18.2 Å². The molecule has 1 unspecified atom stereocenters. The van der Waals surface area contributed by atoms with Gasteiger partial charge in [0.2, 0.25) is 5.91 Å². The summed E-state index contributed by atoms with van der Waals surface area (Å²) in [5.41, 5.74) is 0.291. The maximum absolute atomic E-state index is 11.9. The van der Waals surface area contributed by atoms with Gasteiger partial charge in [-0.2, -0.15) is 0 Å². The zero-order chi connectivity index (χ0) is 20.0. The molecule has 1 aromatic rings. The van der Waals surface area contributed by atoms with E-state index in [0.717, 1.165) is 37.6 Å². The summed E-state index contributed by atoms with van der Waals surface area (Å²) in [6.45, 7) is 2.63. The van der Waals surface area contributed by atoms with Crippen molar-refractivity contribution >= 4 is 33.4 Å². The number of rotatable bonds is 13. The zero-order valence-electron chi connectivity index (χ0n) is 16.2. The summed E-state index contributed by atoms with van der Waals surface area (Å²) in [4.78, 5) is 23.7. The number of hydrogen-bond acceptors (Lipinski definition) is 6. The summed E-state index contributed by atoms with van der Waals surface area (Å²) >= 11 is 0. The highest BCUT2D eigenvalue weighted by molar-refractivity contribution is 8.77. The molecule has 4 N–H and O–H groups in total. The minimum absolute atomic E-state index is 0.00899. The van der Waals surface area contributed by atoms with E-state index in [0.29, 0.717) is 25.1 Å². The predicted octanol–water partition coefficient (Wildman–Crippen LogP) is 2.93. The average molecular weight is 426 g/mol. The van der Waals surface area contributed by atoms with Crippen molar-refractivity contribution in [3.63, 3.8) is 0 Å². The van der Waals surface area contributed by atoms with Crippen molar-refractivity contribution in [1.29, 1.82) is 0 Å². The molecular formula is C20H31N3O3S2. The normalized spacial score (nSPS) is 16.1. The fourth-order valence-electron chi connectivity index (χ4n) is 2.90. The lowest BCUT2D eigenvalue weighted by atomic mass is 10.1. The van der Waals surface area contributed by atoms with Crippen LogP contribution in [0.1, 0.15) is 48.9 Å². The van der Waals surface area contributed by atoms with Crippen molar-refractivity contribution in [2.75, 3.05) is 31.9 Å². The van der Waals surface area contributed by atoms with Crippen LogP contribution in [-0.4, -0.2) is 54.1 Å². The number of unbranched alkanes of at least 4 members (excludes halogenated alkanes) is 1. The molecule has 0 bridgehead atoms. The molecule has 0 spiro atoms. The maximum Gasteiger partial charge on any atom is 0.255 e. The maximum atomic E-state index is 11.9. The lowest BCUT2D eigenvalue weighted by molar-refractivity contribution is -0.121. The summed E-state index contributed by atoms with van der Waals surface area (Å²) in [5, 5.41) is 19.4. The second kappa shape index (κ2) is 13.7. The number of amides is 2. The third kappa shape index (κ3) is 9.21. The Morgan fingerprint density at radius 2 is 1.89 bits per heavy atom. The van der Waals surface area contributed by atoms with E-state index in [-0.39, 0.29) is 17.6 Å². The quantitative estimate of drug-likeness (QED) is 0.287. The number of nitrogens with one attached hydrogen (secondary N) is 3. The fraction of sp³-hybridized carbons (Fsp3) is 0.600. The van der Waals surface area contributed by atoms with E-state index in [1.807, 2.05) is 21.6 Å². The van der Waals surface area contributed by atoms with Gasteiger partial charge in [0.15, 0.2) is 0 Å². The zero-order valence-corrected chi connectivity index (χ0v) is 17.9. The number of carbonyl (C=O) groups excluding carboxylic acids is 2. The van der Waals surface area contributed by atoms with E-state index in [1.165, 1.54) is 24.7 Å². The number of benzene rings is 1. The minimum atomic E-state index is -0.268. The Balaban J connectivity index is 1.38. The minimum Gasteiger partial charge on any atom is -0.507 e. The van der Waals surface area contributed by atoms with Gasteiger partial charge in [0.05, 0.1) is 5.56 Å². The molecule has 28 heavy (non-hydrogen) atoms. The van der Waals surface area contributed by atoms with Gasteiger partial charge in [-0.25, -0.2) is 0 Å². The molecule has 1 saturated heterocycles. The molecule has 2 rings (SSSR count). The van der Waals surface area contributed by atoms with Gasteiger partial charge in [0, 0.05) is 37.1 Å². The Bertz CT molecular complexity index is 610. The van der Waals surface area contributed by atoms with E-state index >= 15 is 0 Å². The van der Waals surface area contributed by atoms with E-state index in [2.05, 4.69) is 16.0 Å². The number of aromatic hydroxyl groups is 1. The van der Waals surface area contributed by atoms with Crippen molar-refractivity contribution in [3.05, 3.63) is 29.8 Å². The van der Waals surface area contributed by atoms with Crippen molar-refractivity contribution in [3.8, 4) is 5.75 Å². The molecule has 1 aliphatic heterocycles. The summed E-state index contributed by atoms with van der Waals surface area (Å²) in [5.74, 6) is 1.12. The lowest BCUT2D eigenvalue weighted by Crippen LogP contribution is -2.33. The molecular weight excluding hydrogens is 394 g/mol. The second-order valence-corrected chi connectivity index (χ2v) is 9.59. The third-order valence-electron chi connectivity index (χ3n) is 4.50. The van der Waals surface area contributed by atoms with Gasteiger partial charge >= 0.3 is 0 Å². The average Bonchev–Trinajstić information content (AvgIpc) is 3.21. The highest BCUT2D eigenvalue weighted by Crippen LogP contribution is 2.39. The molecule has 2 amide bonds. The van der Waals surface area contributed by atoms with Crippen molar-refractivity contribution in [2.24, 2.45) is 0 Å². The molecule has 0 radical (unpaired) electrons. The molecule has 0 aromatic heterocycles. The SMILES string of the molecule is O=C(CCCCC1CCSS1)NCCNCCCNC(=O)c1ccccc1O.